The predicted octanol–water partition coefficient (Wildman–Crippen LogP) is 2.45. The number of phenolic OH excluding ortho intramolecular Hbond substituents is 1. The molecular weight excluding hydrogens is 260 g/mol. The number of hydrogen-bond acceptors (Lipinski definition) is 3. The van der Waals surface area contributed by atoms with Crippen LogP contribution in [0.4, 0.5) is 0 Å². The van der Waals surface area contributed by atoms with E-state index in [0.717, 1.165) is 10.0 Å². The Hall–Kier alpha value is -0.740. The molecule has 0 unspecified atom stereocenters. The van der Waals surface area contributed by atoms with Gasteiger partial charge in [0.05, 0.1) is 12.7 Å². The second-order valence-electron chi connectivity index (χ2n) is 3.94. The summed E-state index contributed by atoms with van der Waals surface area (Å²) in [6, 6.07) is 1.71. The van der Waals surface area contributed by atoms with Crippen molar-refractivity contribution in [3.63, 3.8) is 0 Å². The van der Waals surface area contributed by atoms with Crippen molar-refractivity contribution >= 4 is 15.9 Å². The number of aliphatic hydroxyl groups is 1. The first-order valence-corrected chi connectivity index (χ1v) is 5.58. The van der Waals surface area contributed by atoms with Gasteiger partial charge in [-0.15, -0.1) is 0 Å². The molecule has 0 bridgehead atoms. The number of hydrogen-bond donors (Lipinski definition) is 2. The predicted molar refractivity (Wildman–Crippen MR) is 60.2 cm³/mol. The minimum atomic E-state index is -0.856. The monoisotopic (exact) mass is 272 g/mol. The molecule has 1 fully saturated rings. The Morgan fingerprint density at radius 3 is 2.53 bits per heavy atom. The van der Waals surface area contributed by atoms with Crippen LogP contribution in [0.2, 0.25) is 0 Å². The number of benzene rings is 1. The molecule has 0 aromatic heterocycles. The number of rotatable bonds is 2. The van der Waals surface area contributed by atoms with Crippen LogP contribution < -0.4 is 4.74 Å². The van der Waals surface area contributed by atoms with Crippen LogP contribution in [0, 0.1) is 6.92 Å². The number of ether oxygens (including phenoxy) is 1. The molecular formula is C11H13BrO3. The summed E-state index contributed by atoms with van der Waals surface area (Å²) < 4.78 is 5.89. The van der Waals surface area contributed by atoms with E-state index >= 15 is 0 Å². The van der Waals surface area contributed by atoms with Gasteiger partial charge in [-0.3, -0.25) is 0 Å². The molecule has 1 saturated carbocycles. The van der Waals surface area contributed by atoms with Gasteiger partial charge in [-0.1, -0.05) is 15.9 Å². The Labute approximate surface area is 96.8 Å². The fourth-order valence-electron chi connectivity index (χ4n) is 1.81. The summed E-state index contributed by atoms with van der Waals surface area (Å²) in [5.74, 6) is 0.445. The highest BCUT2D eigenvalue weighted by Gasteiger charge is 2.46. The molecule has 0 saturated heterocycles. The number of methoxy groups -OCH3 is 1. The van der Waals surface area contributed by atoms with Crippen LogP contribution in [0.1, 0.15) is 24.0 Å². The highest BCUT2D eigenvalue weighted by molar-refractivity contribution is 9.10. The lowest BCUT2D eigenvalue weighted by Gasteiger charge is -2.17. The molecule has 82 valence electrons. The van der Waals surface area contributed by atoms with Crippen LogP contribution in [-0.4, -0.2) is 17.3 Å². The van der Waals surface area contributed by atoms with Gasteiger partial charge in [0.25, 0.3) is 0 Å². The Bertz CT molecular complexity index is 411. The first-order chi connectivity index (χ1) is 6.99. The van der Waals surface area contributed by atoms with Crippen LogP contribution in [0.25, 0.3) is 0 Å². The summed E-state index contributed by atoms with van der Waals surface area (Å²) in [5.41, 5.74) is 0.604. The molecule has 0 heterocycles. The molecule has 1 aliphatic rings. The zero-order chi connectivity index (χ0) is 11.2. The highest BCUT2D eigenvalue weighted by Crippen LogP contribution is 2.53. The molecule has 1 aromatic rings. The lowest BCUT2D eigenvalue weighted by Crippen LogP contribution is -2.08. The minimum absolute atomic E-state index is 0.0539. The summed E-state index contributed by atoms with van der Waals surface area (Å²) in [4.78, 5) is 0. The zero-order valence-corrected chi connectivity index (χ0v) is 10.3. The van der Waals surface area contributed by atoms with E-state index in [1.165, 1.54) is 7.11 Å². The smallest absolute Gasteiger partial charge is 0.164 e. The van der Waals surface area contributed by atoms with E-state index < -0.39 is 5.60 Å². The average Bonchev–Trinajstić information content (AvgIpc) is 2.91. The third-order valence-electron chi connectivity index (χ3n) is 2.87. The zero-order valence-electron chi connectivity index (χ0n) is 8.67. The van der Waals surface area contributed by atoms with Crippen molar-refractivity contribution in [1.82, 2.24) is 0 Å². The van der Waals surface area contributed by atoms with E-state index in [1.54, 1.807) is 6.07 Å². The van der Waals surface area contributed by atoms with E-state index in [9.17, 15) is 10.2 Å². The molecule has 2 N–H and O–H groups in total. The topological polar surface area (TPSA) is 49.7 Å². The molecule has 2 rings (SSSR count). The van der Waals surface area contributed by atoms with Crippen LogP contribution in [0.5, 0.6) is 11.5 Å². The summed E-state index contributed by atoms with van der Waals surface area (Å²) in [6.07, 6.45) is 1.39. The standard InChI is InChI=1S/C11H13BrO3/c1-6-7(12)5-8(15-2)10(13)9(6)11(14)3-4-11/h5,13-14H,3-4H2,1-2H3. The Morgan fingerprint density at radius 1 is 1.47 bits per heavy atom. The summed E-state index contributed by atoms with van der Waals surface area (Å²) >= 11 is 3.39. The van der Waals surface area contributed by atoms with Crippen LogP contribution >= 0.6 is 15.9 Å². The van der Waals surface area contributed by atoms with Crippen molar-refractivity contribution in [1.29, 1.82) is 0 Å². The van der Waals surface area contributed by atoms with Gasteiger partial charge < -0.3 is 14.9 Å². The van der Waals surface area contributed by atoms with E-state index in [-0.39, 0.29) is 5.75 Å². The van der Waals surface area contributed by atoms with Crippen molar-refractivity contribution in [2.75, 3.05) is 7.11 Å². The van der Waals surface area contributed by atoms with Crippen molar-refractivity contribution in [3.8, 4) is 11.5 Å². The van der Waals surface area contributed by atoms with E-state index in [4.69, 9.17) is 4.74 Å². The van der Waals surface area contributed by atoms with Gasteiger partial charge in [0, 0.05) is 10.0 Å². The minimum Gasteiger partial charge on any atom is -0.504 e. The molecule has 0 atom stereocenters. The quantitative estimate of drug-likeness (QED) is 0.870. The van der Waals surface area contributed by atoms with Crippen molar-refractivity contribution in [3.05, 3.63) is 21.7 Å². The average molecular weight is 273 g/mol. The maximum Gasteiger partial charge on any atom is 0.164 e. The fraction of sp³-hybridized carbons (Fsp3) is 0.455. The number of phenols is 1. The molecule has 0 radical (unpaired) electrons. The lowest BCUT2D eigenvalue weighted by atomic mass is 10.00. The Balaban J connectivity index is 2.65. The molecule has 0 amide bonds. The van der Waals surface area contributed by atoms with E-state index in [1.807, 2.05) is 6.92 Å². The second-order valence-corrected chi connectivity index (χ2v) is 4.80. The van der Waals surface area contributed by atoms with Gasteiger partial charge in [-0.05, 0) is 31.4 Å². The van der Waals surface area contributed by atoms with Gasteiger partial charge >= 0.3 is 0 Å². The van der Waals surface area contributed by atoms with E-state index in [2.05, 4.69) is 15.9 Å². The molecule has 0 spiro atoms. The summed E-state index contributed by atoms with van der Waals surface area (Å²) in [6.45, 7) is 1.87. The van der Waals surface area contributed by atoms with Gasteiger partial charge in [0.15, 0.2) is 11.5 Å². The SMILES string of the molecule is COc1cc(Br)c(C)c(C2(O)CC2)c1O. The first-order valence-electron chi connectivity index (χ1n) is 4.78. The molecule has 15 heavy (non-hydrogen) atoms. The molecule has 0 aliphatic heterocycles. The van der Waals surface area contributed by atoms with Gasteiger partial charge in [0.2, 0.25) is 0 Å². The number of aromatic hydroxyl groups is 1. The molecule has 1 aromatic carbocycles. The molecule has 3 nitrogen and oxygen atoms in total. The van der Waals surface area contributed by atoms with Gasteiger partial charge in [-0.2, -0.15) is 0 Å². The van der Waals surface area contributed by atoms with E-state index in [0.29, 0.717) is 24.2 Å². The molecule has 4 heteroatoms. The number of halogens is 1. The fourth-order valence-corrected chi connectivity index (χ4v) is 2.21. The van der Waals surface area contributed by atoms with Crippen molar-refractivity contribution in [2.45, 2.75) is 25.4 Å². The Morgan fingerprint density at radius 2 is 2.07 bits per heavy atom. The maximum absolute atomic E-state index is 10.1. The first kappa shape index (κ1) is 10.8. The third-order valence-corrected chi connectivity index (χ3v) is 3.69. The summed E-state index contributed by atoms with van der Waals surface area (Å²) in [7, 11) is 1.50. The van der Waals surface area contributed by atoms with Crippen LogP contribution in [-0.2, 0) is 5.60 Å². The second kappa shape index (κ2) is 3.39. The largest absolute Gasteiger partial charge is 0.504 e. The van der Waals surface area contributed by atoms with Crippen LogP contribution in [0.3, 0.4) is 0 Å². The van der Waals surface area contributed by atoms with Gasteiger partial charge in [0.1, 0.15) is 0 Å². The highest BCUT2D eigenvalue weighted by atomic mass is 79.9. The van der Waals surface area contributed by atoms with Crippen LogP contribution in [0.15, 0.2) is 10.5 Å². The third kappa shape index (κ3) is 1.62. The summed E-state index contributed by atoms with van der Waals surface area (Å²) in [5, 5.41) is 20.0. The van der Waals surface area contributed by atoms with Crippen molar-refractivity contribution in [2.24, 2.45) is 0 Å². The maximum atomic E-state index is 10.1. The lowest BCUT2D eigenvalue weighted by molar-refractivity contribution is 0.146. The van der Waals surface area contributed by atoms with Crippen molar-refractivity contribution < 1.29 is 14.9 Å². The normalized spacial score (nSPS) is 17.6. The molecule has 1 aliphatic carbocycles. The van der Waals surface area contributed by atoms with Gasteiger partial charge in [-0.25, -0.2) is 0 Å². The Kier molecular flexibility index (Phi) is 2.43.